The monoisotopic (exact) mass is 313 g/mol. The highest BCUT2D eigenvalue weighted by atomic mass is 35.5. The second-order valence-electron chi connectivity index (χ2n) is 6.23. The maximum absolute atomic E-state index is 6.00. The molecule has 1 aromatic heterocycles. The van der Waals surface area contributed by atoms with Gasteiger partial charge in [0.25, 0.3) is 0 Å². The molecule has 0 unspecified atom stereocenters. The lowest BCUT2D eigenvalue weighted by atomic mass is 10.1. The van der Waals surface area contributed by atoms with Crippen molar-refractivity contribution in [1.29, 1.82) is 0 Å². The fraction of sp³-hybridized carbons (Fsp3) is 0.786. The summed E-state index contributed by atoms with van der Waals surface area (Å²) < 4.78 is 5.73. The minimum atomic E-state index is -0.107. The van der Waals surface area contributed by atoms with Crippen molar-refractivity contribution in [3.05, 3.63) is 5.28 Å². The summed E-state index contributed by atoms with van der Waals surface area (Å²) >= 11 is 6.00. The van der Waals surface area contributed by atoms with E-state index in [1.807, 2.05) is 14.1 Å². The Labute approximate surface area is 131 Å². The van der Waals surface area contributed by atoms with E-state index in [4.69, 9.17) is 16.3 Å². The molecule has 6 nitrogen and oxygen atoms in total. The fourth-order valence-electron chi connectivity index (χ4n) is 1.99. The van der Waals surface area contributed by atoms with E-state index >= 15 is 0 Å². The van der Waals surface area contributed by atoms with Crippen LogP contribution < -0.4 is 9.64 Å². The van der Waals surface area contributed by atoms with E-state index in [1.54, 1.807) is 0 Å². The lowest BCUT2D eigenvalue weighted by molar-refractivity contribution is 0.107. The van der Waals surface area contributed by atoms with Crippen molar-refractivity contribution in [2.75, 3.05) is 38.7 Å². The Balaban J connectivity index is 2.08. The van der Waals surface area contributed by atoms with E-state index in [0.29, 0.717) is 18.6 Å². The minimum absolute atomic E-state index is 0.107. The second kappa shape index (κ2) is 6.75. The van der Waals surface area contributed by atoms with Crippen LogP contribution in [0.2, 0.25) is 5.28 Å². The molecule has 0 radical (unpaired) electrons. The SMILES string of the molecule is CN(C)C(C)(C)COc1nc(Cl)nc(N2CCCCC2)n1. The Morgan fingerprint density at radius 1 is 1.14 bits per heavy atom. The number of hydrogen-bond acceptors (Lipinski definition) is 6. The van der Waals surface area contributed by atoms with Gasteiger partial charge in [-0.15, -0.1) is 0 Å². The number of rotatable bonds is 5. The molecule has 1 aromatic rings. The van der Waals surface area contributed by atoms with E-state index < -0.39 is 0 Å². The number of nitrogens with zero attached hydrogens (tertiary/aromatic N) is 5. The van der Waals surface area contributed by atoms with Crippen LogP contribution in [0, 0.1) is 0 Å². The molecule has 0 N–H and O–H groups in total. The summed E-state index contributed by atoms with van der Waals surface area (Å²) in [7, 11) is 4.03. The molecule has 1 aliphatic rings. The van der Waals surface area contributed by atoms with Gasteiger partial charge in [-0.3, -0.25) is 0 Å². The summed E-state index contributed by atoms with van der Waals surface area (Å²) in [6, 6.07) is 0.297. The molecule has 1 fully saturated rings. The quantitative estimate of drug-likeness (QED) is 0.831. The van der Waals surface area contributed by atoms with Gasteiger partial charge in [0, 0.05) is 18.6 Å². The Kier molecular flexibility index (Phi) is 5.22. The van der Waals surface area contributed by atoms with Gasteiger partial charge in [0.05, 0.1) is 0 Å². The lowest BCUT2D eigenvalue weighted by Crippen LogP contribution is -2.43. The zero-order valence-corrected chi connectivity index (χ0v) is 14.0. The largest absolute Gasteiger partial charge is 0.461 e. The molecule has 21 heavy (non-hydrogen) atoms. The topological polar surface area (TPSA) is 54.4 Å². The predicted octanol–water partition coefficient (Wildman–Crippen LogP) is 2.23. The van der Waals surface area contributed by atoms with Crippen LogP contribution in [0.4, 0.5) is 5.95 Å². The third-order valence-electron chi connectivity index (χ3n) is 3.98. The molecule has 7 heteroatoms. The Morgan fingerprint density at radius 2 is 1.81 bits per heavy atom. The normalized spacial score (nSPS) is 16.4. The van der Waals surface area contributed by atoms with Crippen LogP contribution in [0.1, 0.15) is 33.1 Å². The molecule has 2 rings (SSSR count). The van der Waals surface area contributed by atoms with Crippen molar-refractivity contribution < 1.29 is 4.74 Å². The summed E-state index contributed by atoms with van der Waals surface area (Å²) in [6.45, 7) is 6.61. The molecule has 118 valence electrons. The van der Waals surface area contributed by atoms with E-state index in [9.17, 15) is 0 Å². The van der Waals surface area contributed by atoms with Gasteiger partial charge in [-0.2, -0.15) is 15.0 Å². The number of halogens is 1. The molecule has 0 amide bonds. The van der Waals surface area contributed by atoms with Gasteiger partial charge in [-0.25, -0.2) is 0 Å². The highest BCUT2D eigenvalue weighted by Gasteiger charge is 2.23. The Bertz CT molecular complexity index is 474. The molecule has 0 aliphatic carbocycles. The van der Waals surface area contributed by atoms with E-state index in [-0.39, 0.29) is 10.8 Å². The Hall–Kier alpha value is -1.14. The van der Waals surface area contributed by atoms with E-state index in [2.05, 4.69) is 38.6 Å². The smallest absolute Gasteiger partial charge is 0.322 e. The molecule has 2 heterocycles. The average molecular weight is 314 g/mol. The van der Waals surface area contributed by atoms with Gasteiger partial charge in [-0.1, -0.05) is 0 Å². The average Bonchev–Trinajstić information content (AvgIpc) is 2.45. The number of likely N-dealkylation sites (N-methyl/N-ethyl adjacent to an activating group) is 1. The summed E-state index contributed by atoms with van der Waals surface area (Å²) in [6.07, 6.45) is 3.58. The molecule has 1 saturated heterocycles. The zero-order chi connectivity index (χ0) is 15.5. The third-order valence-corrected chi connectivity index (χ3v) is 4.15. The van der Waals surface area contributed by atoms with Crippen LogP contribution in [-0.2, 0) is 0 Å². The standard InChI is InChI=1S/C14H24ClN5O/c1-14(2,19(3)4)10-21-13-17-11(15)16-12(18-13)20-8-6-5-7-9-20/h5-10H2,1-4H3. The zero-order valence-electron chi connectivity index (χ0n) is 13.3. The van der Waals surface area contributed by atoms with Crippen LogP contribution in [0.15, 0.2) is 0 Å². The molecule has 0 aromatic carbocycles. The van der Waals surface area contributed by atoms with Crippen molar-refractivity contribution in [2.45, 2.75) is 38.6 Å². The van der Waals surface area contributed by atoms with Gasteiger partial charge in [0.2, 0.25) is 11.2 Å². The van der Waals surface area contributed by atoms with Crippen molar-refractivity contribution in [3.63, 3.8) is 0 Å². The van der Waals surface area contributed by atoms with E-state index in [0.717, 1.165) is 25.9 Å². The predicted molar refractivity (Wildman–Crippen MR) is 84.2 cm³/mol. The molecule has 0 atom stereocenters. The van der Waals surface area contributed by atoms with Gasteiger partial charge in [0.15, 0.2) is 0 Å². The van der Waals surface area contributed by atoms with Crippen LogP contribution in [0.5, 0.6) is 6.01 Å². The first-order chi connectivity index (χ1) is 9.88. The second-order valence-corrected chi connectivity index (χ2v) is 6.57. The van der Waals surface area contributed by atoms with Crippen molar-refractivity contribution in [3.8, 4) is 6.01 Å². The van der Waals surface area contributed by atoms with Crippen molar-refractivity contribution in [1.82, 2.24) is 19.9 Å². The summed E-state index contributed by atoms with van der Waals surface area (Å²) in [5, 5.41) is 0.184. The summed E-state index contributed by atoms with van der Waals surface area (Å²) in [5.41, 5.74) is -0.107. The van der Waals surface area contributed by atoms with Crippen LogP contribution >= 0.6 is 11.6 Å². The highest BCUT2D eigenvalue weighted by Crippen LogP contribution is 2.20. The molecule has 1 aliphatic heterocycles. The van der Waals surface area contributed by atoms with Crippen LogP contribution in [0.3, 0.4) is 0 Å². The Morgan fingerprint density at radius 3 is 2.43 bits per heavy atom. The first-order valence-corrected chi connectivity index (χ1v) is 7.73. The first kappa shape index (κ1) is 16.2. The number of ether oxygens (including phenoxy) is 1. The first-order valence-electron chi connectivity index (χ1n) is 7.35. The maximum Gasteiger partial charge on any atom is 0.322 e. The number of anilines is 1. The van der Waals surface area contributed by atoms with Crippen LogP contribution in [0.25, 0.3) is 0 Å². The van der Waals surface area contributed by atoms with Crippen LogP contribution in [-0.4, -0.2) is 59.2 Å². The summed E-state index contributed by atoms with van der Waals surface area (Å²) in [4.78, 5) is 16.9. The van der Waals surface area contributed by atoms with Crippen molar-refractivity contribution in [2.24, 2.45) is 0 Å². The molecular weight excluding hydrogens is 290 g/mol. The van der Waals surface area contributed by atoms with E-state index in [1.165, 1.54) is 6.42 Å². The molecule has 0 saturated carbocycles. The molecule has 0 spiro atoms. The van der Waals surface area contributed by atoms with Crippen molar-refractivity contribution >= 4 is 17.5 Å². The maximum atomic E-state index is 6.00. The third kappa shape index (κ3) is 4.41. The number of aromatic nitrogens is 3. The van der Waals surface area contributed by atoms with Gasteiger partial charge in [0.1, 0.15) is 6.61 Å². The highest BCUT2D eigenvalue weighted by molar-refractivity contribution is 6.28. The van der Waals surface area contributed by atoms with Gasteiger partial charge in [-0.05, 0) is 58.8 Å². The molecule has 0 bridgehead atoms. The summed E-state index contributed by atoms with van der Waals surface area (Å²) in [5.74, 6) is 0.618. The van der Waals surface area contributed by atoms with Gasteiger partial charge < -0.3 is 14.5 Å². The van der Waals surface area contributed by atoms with Gasteiger partial charge >= 0.3 is 6.01 Å². The minimum Gasteiger partial charge on any atom is -0.461 e. The lowest BCUT2D eigenvalue weighted by Gasteiger charge is -2.31. The number of hydrogen-bond donors (Lipinski definition) is 0. The molecular formula is C14H24ClN5O. The number of piperidine rings is 1. The fourth-order valence-corrected chi connectivity index (χ4v) is 2.14.